The predicted molar refractivity (Wildman–Crippen MR) is 119 cm³/mol. The Balaban J connectivity index is 1.43. The highest BCUT2D eigenvalue weighted by Crippen LogP contribution is 2.15. The van der Waals surface area contributed by atoms with Crippen molar-refractivity contribution in [1.82, 2.24) is 15.1 Å². The smallest absolute Gasteiger partial charge is 0.257 e. The normalized spacial score (nSPS) is 15.0. The Bertz CT molecular complexity index is 828. The van der Waals surface area contributed by atoms with Crippen LogP contribution in [0.4, 0.5) is 0 Å². The molecule has 1 aromatic carbocycles. The van der Waals surface area contributed by atoms with Crippen LogP contribution < -0.4 is 5.32 Å². The molecular formula is C24H33N3O4. The quantitative estimate of drug-likeness (QED) is 0.631. The van der Waals surface area contributed by atoms with Crippen molar-refractivity contribution in [3.8, 4) is 0 Å². The third-order valence-corrected chi connectivity index (χ3v) is 5.75. The summed E-state index contributed by atoms with van der Waals surface area (Å²) in [5.41, 5.74) is 1.85. The van der Waals surface area contributed by atoms with Gasteiger partial charge in [-0.05, 0) is 31.4 Å². The van der Waals surface area contributed by atoms with Gasteiger partial charge in [0.1, 0.15) is 5.76 Å². The van der Waals surface area contributed by atoms with Crippen LogP contribution in [0.1, 0.15) is 40.9 Å². The minimum absolute atomic E-state index is 0.0133. The van der Waals surface area contributed by atoms with Crippen molar-refractivity contribution < 1.29 is 18.7 Å². The first kappa shape index (κ1) is 23.0. The molecule has 0 unspecified atom stereocenters. The number of likely N-dealkylation sites (tertiary alicyclic amines) is 1. The van der Waals surface area contributed by atoms with E-state index in [1.54, 1.807) is 25.0 Å². The summed E-state index contributed by atoms with van der Waals surface area (Å²) < 4.78 is 10.4. The van der Waals surface area contributed by atoms with E-state index in [9.17, 15) is 9.59 Å². The number of ether oxygens (including phenoxy) is 1. The molecule has 1 saturated heterocycles. The summed E-state index contributed by atoms with van der Waals surface area (Å²) in [7, 11) is 1.60. The molecule has 7 nitrogen and oxygen atoms in total. The zero-order chi connectivity index (χ0) is 22.1. The highest BCUT2D eigenvalue weighted by molar-refractivity contribution is 5.95. The molecule has 2 amide bonds. The van der Waals surface area contributed by atoms with Crippen LogP contribution in [0.3, 0.4) is 0 Å². The Morgan fingerprint density at radius 2 is 1.90 bits per heavy atom. The maximum Gasteiger partial charge on any atom is 0.257 e. The third kappa shape index (κ3) is 6.94. The molecule has 0 aliphatic carbocycles. The van der Waals surface area contributed by atoms with Gasteiger partial charge < -0.3 is 19.4 Å². The molecule has 1 aliphatic rings. The van der Waals surface area contributed by atoms with Gasteiger partial charge in [0.25, 0.3) is 5.91 Å². The summed E-state index contributed by atoms with van der Waals surface area (Å²) in [6, 6.07) is 12.3. The van der Waals surface area contributed by atoms with Gasteiger partial charge in [0, 0.05) is 52.3 Å². The van der Waals surface area contributed by atoms with E-state index < -0.39 is 0 Å². The number of carbonyl (C=O) groups is 2. The molecular weight excluding hydrogens is 394 g/mol. The monoisotopic (exact) mass is 427 g/mol. The van der Waals surface area contributed by atoms with E-state index in [4.69, 9.17) is 9.15 Å². The Labute approximate surface area is 184 Å². The second-order valence-electron chi connectivity index (χ2n) is 8.03. The SMILES string of the molecule is COCCN(CCC(=O)NC1CCN(Cc2ccccc2)CC1)C(=O)c1ccoc1C. The van der Waals surface area contributed by atoms with Crippen molar-refractivity contribution in [2.45, 2.75) is 38.8 Å². The molecule has 0 saturated carbocycles. The standard InChI is InChI=1S/C24H33N3O4/c1-19-22(11-16-31-19)24(29)27(15-17-30-2)14-10-23(28)25-21-8-12-26(13-9-21)18-20-6-4-3-5-7-20/h3-7,11,16,21H,8-10,12-15,17-18H2,1-2H3,(H,25,28). The van der Waals surface area contributed by atoms with E-state index in [0.29, 0.717) is 31.0 Å². The van der Waals surface area contributed by atoms with E-state index >= 15 is 0 Å². The Morgan fingerprint density at radius 3 is 2.55 bits per heavy atom. The average molecular weight is 428 g/mol. The number of methoxy groups -OCH3 is 1. The van der Waals surface area contributed by atoms with Crippen LogP contribution in [0.15, 0.2) is 47.1 Å². The highest BCUT2D eigenvalue weighted by Gasteiger charge is 2.23. The zero-order valence-corrected chi connectivity index (χ0v) is 18.5. The van der Waals surface area contributed by atoms with E-state index in [1.165, 1.54) is 11.8 Å². The summed E-state index contributed by atoms with van der Waals surface area (Å²) in [4.78, 5) is 29.4. The first-order valence-electron chi connectivity index (χ1n) is 10.9. The van der Waals surface area contributed by atoms with Gasteiger partial charge in [-0.2, -0.15) is 0 Å². The third-order valence-electron chi connectivity index (χ3n) is 5.75. The second-order valence-corrected chi connectivity index (χ2v) is 8.03. The molecule has 0 bridgehead atoms. The van der Waals surface area contributed by atoms with Crippen molar-refractivity contribution >= 4 is 11.8 Å². The molecule has 1 aromatic heterocycles. The summed E-state index contributed by atoms with van der Waals surface area (Å²) >= 11 is 0. The van der Waals surface area contributed by atoms with Crippen molar-refractivity contribution in [3.63, 3.8) is 0 Å². The molecule has 1 fully saturated rings. The molecule has 0 atom stereocenters. The minimum atomic E-state index is -0.134. The molecule has 1 N–H and O–H groups in total. The van der Waals surface area contributed by atoms with Gasteiger partial charge in [-0.25, -0.2) is 0 Å². The van der Waals surface area contributed by atoms with Crippen LogP contribution in [-0.4, -0.2) is 67.6 Å². The number of carbonyl (C=O) groups excluding carboxylic acids is 2. The number of nitrogens with one attached hydrogen (secondary N) is 1. The summed E-state index contributed by atoms with van der Waals surface area (Å²) in [5.74, 6) is 0.435. The number of benzene rings is 1. The number of nitrogens with zero attached hydrogens (tertiary/aromatic N) is 2. The number of amides is 2. The molecule has 0 spiro atoms. The lowest BCUT2D eigenvalue weighted by Gasteiger charge is -2.32. The van der Waals surface area contributed by atoms with Gasteiger partial charge in [-0.3, -0.25) is 14.5 Å². The number of piperidine rings is 1. The molecule has 3 rings (SSSR count). The maximum atomic E-state index is 12.8. The average Bonchev–Trinajstić information content (AvgIpc) is 3.21. The Hall–Kier alpha value is -2.64. The molecule has 2 heterocycles. The van der Waals surface area contributed by atoms with Crippen LogP contribution in [0.5, 0.6) is 0 Å². The van der Waals surface area contributed by atoms with Crippen molar-refractivity contribution in [3.05, 3.63) is 59.5 Å². The van der Waals surface area contributed by atoms with Gasteiger partial charge >= 0.3 is 0 Å². The first-order chi connectivity index (χ1) is 15.1. The number of rotatable bonds is 10. The molecule has 0 radical (unpaired) electrons. The van der Waals surface area contributed by atoms with Gasteiger partial charge in [0.15, 0.2) is 0 Å². The molecule has 31 heavy (non-hydrogen) atoms. The zero-order valence-electron chi connectivity index (χ0n) is 18.5. The Kier molecular flexibility index (Phi) is 8.67. The lowest BCUT2D eigenvalue weighted by atomic mass is 10.0. The minimum Gasteiger partial charge on any atom is -0.469 e. The topological polar surface area (TPSA) is 75.0 Å². The summed E-state index contributed by atoms with van der Waals surface area (Å²) in [6.07, 6.45) is 3.67. The lowest BCUT2D eigenvalue weighted by molar-refractivity contribution is -0.122. The largest absolute Gasteiger partial charge is 0.469 e. The van der Waals surface area contributed by atoms with Crippen molar-refractivity contribution in [2.75, 3.05) is 39.9 Å². The number of furan rings is 1. The number of aryl methyl sites for hydroxylation is 1. The fraction of sp³-hybridized carbons (Fsp3) is 0.500. The van der Waals surface area contributed by atoms with Crippen LogP contribution in [-0.2, 0) is 16.1 Å². The molecule has 168 valence electrons. The first-order valence-corrected chi connectivity index (χ1v) is 10.9. The summed E-state index contributed by atoms with van der Waals surface area (Å²) in [5, 5.41) is 3.15. The molecule has 7 heteroatoms. The van der Waals surface area contributed by atoms with E-state index in [0.717, 1.165) is 32.5 Å². The maximum absolute atomic E-state index is 12.8. The van der Waals surface area contributed by atoms with Gasteiger partial charge in [0.05, 0.1) is 18.4 Å². The van der Waals surface area contributed by atoms with Crippen molar-refractivity contribution in [2.24, 2.45) is 0 Å². The second kappa shape index (κ2) is 11.7. The van der Waals surface area contributed by atoms with Crippen LogP contribution >= 0.6 is 0 Å². The fourth-order valence-corrected chi connectivity index (χ4v) is 3.91. The predicted octanol–water partition coefficient (Wildman–Crippen LogP) is 2.85. The highest BCUT2D eigenvalue weighted by atomic mass is 16.5. The van der Waals surface area contributed by atoms with Crippen LogP contribution in [0.25, 0.3) is 0 Å². The fourth-order valence-electron chi connectivity index (χ4n) is 3.91. The number of hydrogen-bond acceptors (Lipinski definition) is 5. The van der Waals surface area contributed by atoms with Gasteiger partial charge in [0.2, 0.25) is 5.91 Å². The molecule has 2 aromatic rings. The van der Waals surface area contributed by atoms with Crippen molar-refractivity contribution in [1.29, 1.82) is 0 Å². The molecule has 1 aliphatic heterocycles. The van der Waals surface area contributed by atoms with Crippen LogP contribution in [0.2, 0.25) is 0 Å². The Morgan fingerprint density at radius 1 is 1.16 bits per heavy atom. The summed E-state index contributed by atoms with van der Waals surface area (Å²) in [6.45, 7) is 5.86. The van der Waals surface area contributed by atoms with Gasteiger partial charge in [-0.1, -0.05) is 30.3 Å². The lowest BCUT2D eigenvalue weighted by Crippen LogP contribution is -2.45. The van der Waals surface area contributed by atoms with Crippen LogP contribution in [0, 0.1) is 6.92 Å². The number of hydrogen-bond donors (Lipinski definition) is 1. The van der Waals surface area contributed by atoms with E-state index in [1.807, 2.05) is 6.07 Å². The van der Waals surface area contributed by atoms with Gasteiger partial charge in [-0.15, -0.1) is 0 Å². The van der Waals surface area contributed by atoms with E-state index in [2.05, 4.69) is 34.5 Å². The van der Waals surface area contributed by atoms with E-state index in [-0.39, 0.29) is 24.3 Å².